The van der Waals surface area contributed by atoms with Crippen LogP contribution in [0.1, 0.15) is 30.5 Å². The van der Waals surface area contributed by atoms with E-state index in [9.17, 15) is 9.59 Å². The van der Waals surface area contributed by atoms with Crippen LogP contribution in [0.15, 0.2) is 84.9 Å². The van der Waals surface area contributed by atoms with Gasteiger partial charge in [-0.15, -0.1) is 0 Å². The summed E-state index contributed by atoms with van der Waals surface area (Å²) in [5.41, 5.74) is 2.85. The summed E-state index contributed by atoms with van der Waals surface area (Å²) < 4.78 is 0. The Balaban J connectivity index is 1.93. The van der Waals surface area contributed by atoms with Gasteiger partial charge in [0.2, 0.25) is 11.8 Å². The normalized spacial score (nSPS) is 11.8. The molecule has 166 valence electrons. The van der Waals surface area contributed by atoms with Crippen LogP contribution in [0.2, 0.25) is 5.02 Å². The number of nitrogens with zero attached hydrogens (tertiary/aromatic N) is 1. The van der Waals surface area contributed by atoms with E-state index in [2.05, 4.69) is 5.32 Å². The highest BCUT2D eigenvalue weighted by atomic mass is 35.5. The van der Waals surface area contributed by atoms with Crippen LogP contribution in [0.25, 0.3) is 0 Å². The van der Waals surface area contributed by atoms with E-state index in [1.54, 1.807) is 17.0 Å². The number of carbonyl (C=O) groups is 2. The molecule has 1 atom stereocenters. The van der Waals surface area contributed by atoms with Gasteiger partial charge in [-0.3, -0.25) is 9.59 Å². The van der Waals surface area contributed by atoms with Gasteiger partial charge in [0.05, 0.1) is 6.42 Å². The molecule has 0 saturated heterocycles. The number of rotatable bonds is 9. The van der Waals surface area contributed by atoms with Crippen molar-refractivity contribution in [3.63, 3.8) is 0 Å². The van der Waals surface area contributed by atoms with Gasteiger partial charge in [0, 0.05) is 24.0 Å². The molecule has 5 heteroatoms. The molecule has 3 aromatic carbocycles. The van der Waals surface area contributed by atoms with Gasteiger partial charge < -0.3 is 10.2 Å². The van der Waals surface area contributed by atoms with Crippen LogP contribution in [-0.4, -0.2) is 28.8 Å². The summed E-state index contributed by atoms with van der Waals surface area (Å²) in [7, 11) is 0. The van der Waals surface area contributed by atoms with E-state index in [1.165, 1.54) is 0 Å². The maximum atomic E-state index is 13.5. The lowest BCUT2D eigenvalue weighted by Gasteiger charge is -2.32. The zero-order valence-electron chi connectivity index (χ0n) is 18.5. The van der Waals surface area contributed by atoms with Gasteiger partial charge in [-0.1, -0.05) is 84.4 Å². The molecule has 0 aliphatic heterocycles. The van der Waals surface area contributed by atoms with Crippen LogP contribution in [0, 0.1) is 0 Å². The number of benzene rings is 3. The van der Waals surface area contributed by atoms with Gasteiger partial charge in [0.1, 0.15) is 6.04 Å². The molecule has 3 aromatic rings. The Labute approximate surface area is 195 Å². The van der Waals surface area contributed by atoms with E-state index in [0.717, 1.165) is 16.7 Å². The molecule has 1 unspecified atom stereocenters. The molecule has 0 aliphatic carbocycles. The average Bonchev–Trinajstić information content (AvgIpc) is 2.78. The highest BCUT2D eigenvalue weighted by Crippen LogP contribution is 2.17. The number of hydrogen-bond acceptors (Lipinski definition) is 2. The molecule has 0 radical (unpaired) electrons. The SMILES string of the molecule is CC(C)NC(=O)C(Cc1ccccc1)N(Cc1ccccc1)C(=O)Cc1ccc(Cl)cc1. The summed E-state index contributed by atoms with van der Waals surface area (Å²) in [4.78, 5) is 28.5. The standard InChI is InChI=1S/C27H29ClN2O2/c1-20(2)29-27(32)25(17-21-9-5-3-6-10-21)30(19-23-11-7-4-8-12-23)26(31)18-22-13-15-24(28)16-14-22/h3-16,20,25H,17-19H2,1-2H3,(H,29,32). The van der Waals surface area contributed by atoms with Crippen molar-refractivity contribution in [3.8, 4) is 0 Å². The van der Waals surface area contributed by atoms with Crippen molar-refractivity contribution >= 4 is 23.4 Å². The molecule has 32 heavy (non-hydrogen) atoms. The lowest BCUT2D eigenvalue weighted by atomic mass is 10.0. The largest absolute Gasteiger partial charge is 0.352 e. The Morgan fingerprint density at radius 1 is 0.812 bits per heavy atom. The van der Waals surface area contributed by atoms with Crippen molar-refractivity contribution in [2.45, 2.75) is 45.3 Å². The molecule has 0 fully saturated rings. The first-order chi connectivity index (χ1) is 15.4. The lowest BCUT2D eigenvalue weighted by Crippen LogP contribution is -2.52. The van der Waals surface area contributed by atoms with Crippen LogP contribution in [0.4, 0.5) is 0 Å². The van der Waals surface area contributed by atoms with E-state index in [4.69, 9.17) is 11.6 Å². The first kappa shape index (κ1) is 23.6. The molecule has 0 saturated carbocycles. The predicted octanol–water partition coefficient (Wildman–Crippen LogP) is 5.05. The second-order valence-electron chi connectivity index (χ2n) is 8.18. The van der Waals surface area contributed by atoms with Crippen molar-refractivity contribution < 1.29 is 9.59 Å². The third-order valence-electron chi connectivity index (χ3n) is 5.17. The van der Waals surface area contributed by atoms with Crippen LogP contribution in [0.3, 0.4) is 0 Å². The second-order valence-corrected chi connectivity index (χ2v) is 8.62. The minimum atomic E-state index is -0.625. The maximum Gasteiger partial charge on any atom is 0.243 e. The fourth-order valence-electron chi connectivity index (χ4n) is 3.59. The fourth-order valence-corrected chi connectivity index (χ4v) is 3.72. The molecule has 0 spiro atoms. The maximum absolute atomic E-state index is 13.5. The molecule has 3 rings (SSSR count). The molecule has 0 bridgehead atoms. The van der Waals surface area contributed by atoms with Gasteiger partial charge in [-0.2, -0.15) is 0 Å². The summed E-state index contributed by atoms with van der Waals surface area (Å²) >= 11 is 6.00. The van der Waals surface area contributed by atoms with Crippen LogP contribution in [-0.2, 0) is 29.0 Å². The number of hydrogen-bond donors (Lipinski definition) is 1. The molecule has 2 amide bonds. The van der Waals surface area contributed by atoms with Crippen molar-refractivity contribution in [2.24, 2.45) is 0 Å². The Morgan fingerprint density at radius 3 is 1.94 bits per heavy atom. The van der Waals surface area contributed by atoms with Gasteiger partial charge in [0.25, 0.3) is 0 Å². The summed E-state index contributed by atoms with van der Waals surface area (Å²) in [6, 6.07) is 26.2. The Hall–Kier alpha value is -3.11. The van der Waals surface area contributed by atoms with Crippen molar-refractivity contribution in [3.05, 3.63) is 107 Å². The Kier molecular flexibility index (Phi) is 8.46. The summed E-state index contributed by atoms with van der Waals surface area (Å²) in [6.45, 7) is 4.21. The smallest absolute Gasteiger partial charge is 0.243 e. The molecule has 1 N–H and O–H groups in total. The molecule has 4 nitrogen and oxygen atoms in total. The summed E-state index contributed by atoms with van der Waals surface area (Å²) in [6.07, 6.45) is 0.642. The monoisotopic (exact) mass is 448 g/mol. The van der Waals surface area contributed by atoms with Gasteiger partial charge >= 0.3 is 0 Å². The Morgan fingerprint density at radius 2 is 1.38 bits per heavy atom. The van der Waals surface area contributed by atoms with E-state index in [1.807, 2.05) is 86.6 Å². The highest BCUT2D eigenvalue weighted by molar-refractivity contribution is 6.30. The fraction of sp³-hybridized carbons (Fsp3) is 0.259. The topological polar surface area (TPSA) is 49.4 Å². The predicted molar refractivity (Wildman–Crippen MR) is 129 cm³/mol. The lowest BCUT2D eigenvalue weighted by molar-refractivity contribution is -0.141. The number of carbonyl (C=O) groups excluding carboxylic acids is 2. The van der Waals surface area contributed by atoms with E-state index < -0.39 is 6.04 Å². The van der Waals surface area contributed by atoms with Gasteiger partial charge in [-0.25, -0.2) is 0 Å². The van der Waals surface area contributed by atoms with Crippen LogP contribution in [0.5, 0.6) is 0 Å². The first-order valence-corrected chi connectivity index (χ1v) is 11.2. The number of amides is 2. The van der Waals surface area contributed by atoms with Crippen molar-refractivity contribution in [1.29, 1.82) is 0 Å². The van der Waals surface area contributed by atoms with E-state index in [-0.39, 0.29) is 24.3 Å². The first-order valence-electron chi connectivity index (χ1n) is 10.8. The zero-order chi connectivity index (χ0) is 22.9. The van der Waals surface area contributed by atoms with Crippen molar-refractivity contribution in [1.82, 2.24) is 10.2 Å². The van der Waals surface area contributed by atoms with Crippen LogP contribution < -0.4 is 5.32 Å². The second kappa shape index (κ2) is 11.5. The minimum absolute atomic E-state index is 0.0225. The van der Waals surface area contributed by atoms with Gasteiger partial charge in [-0.05, 0) is 42.7 Å². The molecule has 0 aliphatic rings. The van der Waals surface area contributed by atoms with Crippen molar-refractivity contribution in [2.75, 3.05) is 0 Å². The summed E-state index contributed by atoms with van der Waals surface area (Å²) in [5, 5.41) is 3.63. The quantitative estimate of drug-likeness (QED) is 0.498. The third kappa shape index (κ3) is 6.96. The Bertz CT molecular complexity index is 1000. The van der Waals surface area contributed by atoms with Gasteiger partial charge in [0.15, 0.2) is 0 Å². The molecular formula is C27H29ClN2O2. The molecule has 0 aromatic heterocycles. The minimum Gasteiger partial charge on any atom is -0.352 e. The molecule has 0 heterocycles. The zero-order valence-corrected chi connectivity index (χ0v) is 19.3. The van der Waals surface area contributed by atoms with Crippen LogP contribution >= 0.6 is 11.6 Å². The average molecular weight is 449 g/mol. The summed E-state index contributed by atoms with van der Waals surface area (Å²) in [5.74, 6) is -0.250. The third-order valence-corrected chi connectivity index (χ3v) is 5.42. The molecular weight excluding hydrogens is 420 g/mol. The van der Waals surface area contributed by atoms with E-state index in [0.29, 0.717) is 18.0 Å². The number of nitrogens with one attached hydrogen (secondary N) is 1. The van der Waals surface area contributed by atoms with E-state index >= 15 is 0 Å². The number of halogens is 1. The highest BCUT2D eigenvalue weighted by Gasteiger charge is 2.30.